The molecule has 0 aliphatic carbocycles. The summed E-state index contributed by atoms with van der Waals surface area (Å²) < 4.78 is 9.78. The topological polar surface area (TPSA) is 38.7 Å². The fraction of sp³-hybridized carbons (Fsp3) is 1.00. The van der Waals surface area contributed by atoms with Crippen LogP contribution in [0.3, 0.4) is 0 Å². The lowest BCUT2D eigenvalue weighted by Crippen LogP contribution is -1.98. The van der Waals surface area contributed by atoms with Gasteiger partial charge in [0.2, 0.25) is 0 Å². The lowest BCUT2D eigenvalue weighted by molar-refractivity contribution is 0.192. The maximum absolute atomic E-state index is 9.21. The van der Waals surface area contributed by atoms with Crippen LogP contribution in [0.2, 0.25) is 0 Å². The molecule has 0 unspecified atom stereocenters. The first-order valence-corrected chi connectivity index (χ1v) is 6.21. The van der Waals surface area contributed by atoms with Gasteiger partial charge in [-0.05, 0) is 12.8 Å². The highest BCUT2D eigenvalue weighted by Crippen LogP contribution is 2.62. The SMILES string of the molecule is CCCO[P+](O)(Cl)OCCC. The Kier molecular flexibility index (Phi) is 6.49. The highest BCUT2D eigenvalue weighted by atomic mass is 35.7. The average molecular weight is 202 g/mol. The Labute approximate surface area is 73.0 Å². The molecule has 11 heavy (non-hydrogen) atoms. The molecule has 0 saturated heterocycles. The number of halogens is 1. The summed E-state index contributed by atoms with van der Waals surface area (Å²) in [7, 11) is -3.00. The lowest BCUT2D eigenvalue weighted by Gasteiger charge is -2.06. The monoisotopic (exact) mass is 201 g/mol. The Morgan fingerprint density at radius 1 is 1.18 bits per heavy atom. The molecule has 0 aromatic heterocycles. The van der Waals surface area contributed by atoms with Crippen molar-refractivity contribution in [3.63, 3.8) is 0 Å². The van der Waals surface area contributed by atoms with E-state index in [1.807, 2.05) is 13.8 Å². The molecular weight excluding hydrogens is 186 g/mol. The van der Waals surface area contributed by atoms with Gasteiger partial charge in [-0.3, -0.25) is 0 Å². The third-order valence-electron chi connectivity index (χ3n) is 0.909. The van der Waals surface area contributed by atoms with Crippen molar-refractivity contribution in [2.24, 2.45) is 0 Å². The third-order valence-corrected chi connectivity index (χ3v) is 2.50. The summed E-state index contributed by atoms with van der Waals surface area (Å²) in [5.41, 5.74) is 0. The van der Waals surface area contributed by atoms with E-state index in [2.05, 4.69) is 0 Å². The summed E-state index contributed by atoms with van der Waals surface area (Å²) in [6.45, 7) is 4.77. The highest BCUT2D eigenvalue weighted by molar-refractivity contribution is 7.86. The zero-order valence-corrected chi connectivity index (χ0v) is 8.57. The first kappa shape index (κ1) is 11.6. The van der Waals surface area contributed by atoms with E-state index in [0.29, 0.717) is 13.2 Å². The summed E-state index contributed by atoms with van der Waals surface area (Å²) in [6, 6.07) is 0. The molecule has 0 heterocycles. The van der Waals surface area contributed by atoms with Crippen LogP contribution < -0.4 is 0 Å². The van der Waals surface area contributed by atoms with Crippen molar-refractivity contribution in [1.29, 1.82) is 0 Å². The standard InChI is InChI=1S/C6H15ClO3P/c1-3-5-9-11(7,8)10-6-4-2/h8H,3-6H2,1-2H3/q+1. The molecule has 1 N–H and O–H groups in total. The van der Waals surface area contributed by atoms with Crippen LogP contribution in [-0.4, -0.2) is 18.1 Å². The molecule has 3 nitrogen and oxygen atoms in total. The Bertz CT molecular complexity index is 89.8. The summed E-state index contributed by atoms with van der Waals surface area (Å²) in [5.74, 6) is 0. The molecule has 0 aromatic rings. The molecule has 5 heteroatoms. The summed E-state index contributed by atoms with van der Waals surface area (Å²) in [5, 5.41) is 0. The predicted molar refractivity (Wildman–Crippen MR) is 47.5 cm³/mol. The molecule has 0 saturated carbocycles. The van der Waals surface area contributed by atoms with Gasteiger partial charge in [-0.25, -0.2) is 0 Å². The lowest BCUT2D eigenvalue weighted by atomic mass is 10.5. The largest absolute Gasteiger partial charge is 0.521 e. The number of hydrogen-bond donors (Lipinski definition) is 1. The molecule has 68 valence electrons. The molecule has 0 fully saturated rings. The normalized spacial score (nSPS) is 12.0. The van der Waals surface area contributed by atoms with E-state index in [-0.39, 0.29) is 0 Å². The van der Waals surface area contributed by atoms with Crippen molar-refractivity contribution in [2.75, 3.05) is 13.2 Å². The van der Waals surface area contributed by atoms with E-state index in [1.54, 1.807) is 0 Å². The highest BCUT2D eigenvalue weighted by Gasteiger charge is 2.38. The zero-order chi connectivity index (χ0) is 8.74. The van der Waals surface area contributed by atoms with Gasteiger partial charge in [0, 0.05) is 0 Å². The van der Waals surface area contributed by atoms with Gasteiger partial charge in [-0.1, -0.05) is 13.8 Å². The van der Waals surface area contributed by atoms with Crippen LogP contribution in [-0.2, 0) is 9.05 Å². The fourth-order valence-corrected chi connectivity index (χ4v) is 1.75. The third kappa shape index (κ3) is 6.98. The molecule has 0 bridgehead atoms. The van der Waals surface area contributed by atoms with Crippen molar-refractivity contribution in [1.82, 2.24) is 0 Å². The van der Waals surface area contributed by atoms with E-state index >= 15 is 0 Å². The minimum absolute atomic E-state index is 0.442. The van der Waals surface area contributed by atoms with Crippen molar-refractivity contribution in [3.8, 4) is 0 Å². The van der Waals surface area contributed by atoms with Gasteiger partial charge < -0.3 is 0 Å². The number of rotatable bonds is 6. The second-order valence-corrected chi connectivity index (χ2v) is 4.82. The quantitative estimate of drug-likeness (QED) is 0.672. The molecule has 0 aliphatic rings. The van der Waals surface area contributed by atoms with Crippen LogP contribution in [0.5, 0.6) is 0 Å². The number of hydrogen-bond acceptors (Lipinski definition) is 3. The van der Waals surface area contributed by atoms with Crippen molar-refractivity contribution >= 4 is 18.5 Å². The Morgan fingerprint density at radius 3 is 1.82 bits per heavy atom. The van der Waals surface area contributed by atoms with Crippen molar-refractivity contribution in [3.05, 3.63) is 0 Å². The van der Waals surface area contributed by atoms with Crippen LogP contribution in [0, 0.1) is 0 Å². The van der Waals surface area contributed by atoms with Gasteiger partial charge in [0.05, 0.1) is 13.2 Å². The second kappa shape index (κ2) is 6.15. The van der Waals surface area contributed by atoms with Gasteiger partial charge in [0.25, 0.3) is 0 Å². The van der Waals surface area contributed by atoms with E-state index in [4.69, 9.17) is 20.3 Å². The predicted octanol–water partition coefficient (Wildman–Crippen LogP) is 2.75. The van der Waals surface area contributed by atoms with Crippen LogP contribution in [0.1, 0.15) is 26.7 Å². The Hall–Kier alpha value is 0.600. The average Bonchev–Trinajstić information content (AvgIpc) is 1.97. The molecule has 0 rings (SSSR count). The van der Waals surface area contributed by atoms with Gasteiger partial charge in [-0.2, -0.15) is 13.9 Å². The molecule has 0 amide bonds. The summed E-state index contributed by atoms with van der Waals surface area (Å²) in [4.78, 5) is 9.21. The van der Waals surface area contributed by atoms with Gasteiger partial charge in [-0.15, -0.1) is 0 Å². The molecule has 0 atom stereocenters. The van der Waals surface area contributed by atoms with Crippen LogP contribution in [0.4, 0.5) is 0 Å². The molecule has 0 aliphatic heterocycles. The van der Waals surface area contributed by atoms with Gasteiger partial charge in [0.1, 0.15) is 0 Å². The van der Waals surface area contributed by atoms with Crippen LogP contribution in [0.25, 0.3) is 0 Å². The first-order chi connectivity index (χ1) is 5.12. The van der Waals surface area contributed by atoms with Crippen LogP contribution in [0.15, 0.2) is 0 Å². The van der Waals surface area contributed by atoms with Crippen molar-refractivity contribution in [2.45, 2.75) is 26.7 Å². The molecule has 0 aromatic carbocycles. The van der Waals surface area contributed by atoms with Crippen LogP contribution >= 0.6 is 18.5 Å². The van der Waals surface area contributed by atoms with E-state index in [0.717, 1.165) is 12.8 Å². The fourth-order valence-electron chi connectivity index (χ4n) is 0.445. The maximum atomic E-state index is 9.21. The maximum Gasteiger partial charge on any atom is 0.521 e. The van der Waals surface area contributed by atoms with Crippen molar-refractivity contribution < 1.29 is 13.9 Å². The molecule has 0 radical (unpaired) electrons. The molecule has 0 spiro atoms. The Morgan fingerprint density at radius 2 is 1.55 bits per heavy atom. The van der Waals surface area contributed by atoms with E-state index in [1.165, 1.54) is 0 Å². The first-order valence-electron chi connectivity index (χ1n) is 3.73. The smallest absolute Gasteiger partial charge is 0.178 e. The minimum atomic E-state index is -3.00. The van der Waals surface area contributed by atoms with E-state index < -0.39 is 7.30 Å². The Balaban J connectivity index is 3.43. The minimum Gasteiger partial charge on any atom is -0.178 e. The zero-order valence-electron chi connectivity index (χ0n) is 6.92. The molecular formula is C6H15ClO3P+. The second-order valence-electron chi connectivity index (χ2n) is 2.12. The van der Waals surface area contributed by atoms with Gasteiger partial charge in [0.15, 0.2) is 11.2 Å². The summed E-state index contributed by atoms with van der Waals surface area (Å²) in [6.07, 6.45) is 1.65. The van der Waals surface area contributed by atoms with Gasteiger partial charge >= 0.3 is 7.30 Å². The summed E-state index contributed by atoms with van der Waals surface area (Å²) >= 11 is 5.52. The van der Waals surface area contributed by atoms with E-state index in [9.17, 15) is 4.89 Å².